The van der Waals surface area contributed by atoms with Gasteiger partial charge in [0.05, 0.1) is 11.5 Å². The number of nitro groups is 1. The van der Waals surface area contributed by atoms with E-state index in [9.17, 15) is 24.5 Å². The van der Waals surface area contributed by atoms with Gasteiger partial charge in [-0.1, -0.05) is 11.6 Å². The van der Waals surface area contributed by atoms with Crippen LogP contribution < -0.4 is 10.6 Å². The van der Waals surface area contributed by atoms with Gasteiger partial charge < -0.3 is 15.7 Å². The Balaban J connectivity index is 2.60. The van der Waals surface area contributed by atoms with E-state index in [-0.39, 0.29) is 16.3 Å². The first-order valence-electron chi connectivity index (χ1n) is 5.52. The molecule has 1 aromatic carbocycles. The number of halogens is 1. The fourth-order valence-corrected chi connectivity index (χ4v) is 1.55. The monoisotopic (exact) mass is 315 g/mol. The Morgan fingerprint density at radius 1 is 1.24 bits per heavy atom. The summed E-state index contributed by atoms with van der Waals surface area (Å²) in [6, 6.07) is 3.36. The Kier molecular flexibility index (Phi) is 5.61. The minimum atomic E-state index is -1.21. The predicted octanol–water partition coefficient (Wildman–Crippen LogP) is 0.179. The number of carboxylic acid groups (broad SMARTS) is 1. The van der Waals surface area contributed by atoms with E-state index >= 15 is 0 Å². The zero-order valence-electron chi connectivity index (χ0n) is 10.5. The molecule has 0 aliphatic heterocycles. The molecule has 0 heterocycles. The molecule has 10 heteroatoms. The smallest absolute Gasteiger partial charge is 0.322 e. The summed E-state index contributed by atoms with van der Waals surface area (Å²) in [5.74, 6) is -2.56. The van der Waals surface area contributed by atoms with E-state index in [2.05, 4.69) is 10.6 Å². The highest BCUT2D eigenvalue weighted by atomic mass is 35.5. The summed E-state index contributed by atoms with van der Waals surface area (Å²) in [5, 5.41) is 23.0. The number of carboxylic acids is 1. The molecular formula is C11H10ClN3O6. The zero-order valence-corrected chi connectivity index (χ0v) is 11.2. The van der Waals surface area contributed by atoms with Crippen LogP contribution in [0.3, 0.4) is 0 Å². The summed E-state index contributed by atoms with van der Waals surface area (Å²) in [4.78, 5) is 43.0. The van der Waals surface area contributed by atoms with Crippen LogP contribution in [0.1, 0.15) is 10.4 Å². The maximum absolute atomic E-state index is 11.7. The second-order valence-electron chi connectivity index (χ2n) is 3.78. The first-order valence-corrected chi connectivity index (χ1v) is 5.89. The van der Waals surface area contributed by atoms with Crippen molar-refractivity contribution in [3.63, 3.8) is 0 Å². The Labute approximate surface area is 123 Å². The SMILES string of the molecule is O=C(O)CNC(=O)CNC(=O)c1ccc([N+](=O)[O-])c(Cl)c1. The molecule has 0 aliphatic carbocycles. The molecule has 1 aromatic rings. The van der Waals surface area contributed by atoms with Crippen molar-refractivity contribution >= 4 is 35.1 Å². The van der Waals surface area contributed by atoms with Crippen LogP contribution in [0.4, 0.5) is 5.69 Å². The van der Waals surface area contributed by atoms with E-state index in [1.165, 1.54) is 6.07 Å². The van der Waals surface area contributed by atoms with E-state index < -0.39 is 35.8 Å². The van der Waals surface area contributed by atoms with Gasteiger partial charge in [-0.05, 0) is 12.1 Å². The van der Waals surface area contributed by atoms with Gasteiger partial charge in [0.1, 0.15) is 11.6 Å². The first kappa shape index (κ1) is 16.4. The van der Waals surface area contributed by atoms with Crippen molar-refractivity contribution in [2.75, 3.05) is 13.1 Å². The number of carbonyl (C=O) groups is 3. The standard InChI is InChI=1S/C11H10ClN3O6/c12-7-3-6(1-2-8(7)15(20)21)11(19)14-4-9(16)13-5-10(17)18/h1-3H,4-5H2,(H,13,16)(H,14,19)(H,17,18). The quantitative estimate of drug-likeness (QED) is 0.505. The summed E-state index contributed by atoms with van der Waals surface area (Å²) < 4.78 is 0. The van der Waals surface area contributed by atoms with Crippen LogP contribution >= 0.6 is 11.6 Å². The van der Waals surface area contributed by atoms with Crippen molar-refractivity contribution in [1.29, 1.82) is 0 Å². The maximum Gasteiger partial charge on any atom is 0.322 e. The number of nitrogens with zero attached hydrogens (tertiary/aromatic N) is 1. The van der Waals surface area contributed by atoms with Gasteiger partial charge in [0, 0.05) is 11.6 Å². The van der Waals surface area contributed by atoms with Crippen molar-refractivity contribution in [3.05, 3.63) is 38.9 Å². The van der Waals surface area contributed by atoms with Crippen LogP contribution in [0.25, 0.3) is 0 Å². The molecule has 0 bridgehead atoms. The number of nitrogens with one attached hydrogen (secondary N) is 2. The average Bonchev–Trinajstić information content (AvgIpc) is 2.41. The van der Waals surface area contributed by atoms with Gasteiger partial charge in [-0.15, -0.1) is 0 Å². The molecule has 21 heavy (non-hydrogen) atoms. The van der Waals surface area contributed by atoms with Crippen molar-refractivity contribution < 1.29 is 24.4 Å². The van der Waals surface area contributed by atoms with Crippen LogP contribution in [0.2, 0.25) is 5.02 Å². The number of amides is 2. The van der Waals surface area contributed by atoms with E-state index in [0.717, 1.165) is 12.1 Å². The van der Waals surface area contributed by atoms with Crippen molar-refractivity contribution in [2.24, 2.45) is 0 Å². The van der Waals surface area contributed by atoms with Crippen LogP contribution in [0.15, 0.2) is 18.2 Å². The van der Waals surface area contributed by atoms with Gasteiger partial charge >= 0.3 is 5.97 Å². The molecule has 0 saturated heterocycles. The van der Waals surface area contributed by atoms with Crippen LogP contribution in [-0.4, -0.2) is 40.9 Å². The molecule has 9 nitrogen and oxygen atoms in total. The van der Waals surface area contributed by atoms with E-state index in [0.29, 0.717) is 0 Å². The lowest BCUT2D eigenvalue weighted by molar-refractivity contribution is -0.384. The Hall–Kier alpha value is -2.68. The van der Waals surface area contributed by atoms with Gasteiger partial charge in [-0.2, -0.15) is 0 Å². The topological polar surface area (TPSA) is 139 Å². The summed E-state index contributed by atoms with van der Waals surface area (Å²) in [6.45, 7) is -0.987. The van der Waals surface area contributed by atoms with Crippen LogP contribution in [0.5, 0.6) is 0 Å². The lowest BCUT2D eigenvalue weighted by atomic mass is 10.2. The maximum atomic E-state index is 11.7. The predicted molar refractivity (Wildman–Crippen MR) is 71.1 cm³/mol. The highest BCUT2D eigenvalue weighted by Gasteiger charge is 2.15. The molecule has 2 amide bonds. The molecule has 0 aromatic heterocycles. The van der Waals surface area contributed by atoms with Crippen molar-refractivity contribution in [3.8, 4) is 0 Å². The van der Waals surface area contributed by atoms with Gasteiger partial charge in [0.15, 0.2) is 0 Å². The Bertz CT molecular complexity index is 604. The molecule has 112 valence electrons. The highest BCUT2D eigenvalue weighted by molar-refractivity contribution is 6.33. The normalized spacial score (nSPS) is 9.76. The second-order valence-corrected chi connectivity index (χ2v) is 4.18. The summed E-state index contributed by atoms with van der Waals surface area (Å²) in [6.07, 6.45) is 0. The molecule has 0 saturated carbocycles. The number of hydrogen-bond donors (Lipinski definition) is 3. The minimum Gasteiger partial charge on any atom is -0.480 e. The van der Waals surface area contributed by atoms with Gasteiger partial charge in [-0.25, -0.2) is 0 Å². The molecule has 3 N–H and O–H groups in total. The molecule has 0 spiro atoms. The molecule has 0 unspecified atom stereocenters. The second kappa shape index (κ2) is 7.20. The number of rotatable bonds is 6. The van der Waals surface area contributed by atoms with Gasteiger partial charge in [0.25, 0.3) is 11.6 Å². The third-order valence-corrected chi connectivity index (χ3v) is 2.56. The zero-order chi connectivity index (χ0) is 16.0. The highest BCUT2D eigenvalue weighted by Crippen LogP contribution is 2.24. The number of carbonyl (C=O) groups excluding carboxylic acids is 2. The third kappa shape index (κ3) is 5.07. The van der Waals surface area contributed by atoms with Crippen molar-refractivity contribution in [2.45, 2.75) is 0 Å². The molecule has 0 aliphatic rings. The summed E-state index contributed by atoms with van der Waals surface area (Å²) in [7, 11) is 0. The molecule has 0 fully saturated rings. The van der Waals surface area contributed by atoms with Crippen molar-refractivity contribution in [1.82, 2.24) is 10.6 Å². The van der Waals surface area contributed by atoms with Gasteiger partial charge in [0.2, 0.25) is 5.91 Å². The fourth-order valence-electron chi connectivity index (χ4n) is 1.30. The first-order chi connectivity index (χ1) is 9.81. The number of nitro benzene ring substituents is 1. The lowest BCUT2D eigenvalue weighted by Crippen LogP contribution is -2.39. The van der Waals surface area contributed by atoms with E-state index in [1.54, 1.807) is 0 Å². The van der Waals surface area contributed by atoms with E-state index in [1.807, 2.05) is 0 Å². The average molecular weight is 316 g/mol. The minimum absolute atomic E-state index is 0.0386. The Morgan fingerprint density at radius 2 is 1.90 bits per heavy atom. The fraction of sp³-hybridized carbons (Fsp3) is 0.182. The number of hydrogen-bond acceptors (Lipinski definition) is 5. The molecule has 1 rings (SSSR count). The third-order valence-electron chi connectivity index (χ3n) is 2.25. The number of benzene rings is 1. The van der Waals surface area contributed by atoms with Crippen LogP contribution in [0, 0.1) is 10.1 Å². The van der Waals surface area contributed by atoms with E-state index in [4.69, 9.17) is 16.7 Å². The van der Waals surface area contributed by atoms with Crippen LogP contribution in [-0.2, 0) is 9.59 Å². The largest absolute Gasteiger partial charge is 0.480 e. The van der Waals surface area contributed by atoms with Gasteiger partial charge in [-0.3, -0.25) is 24.5 Å². The number of aliphatic carboxylic acids is 1. The molecule has 0 atom stereocenters. The summed E-state index contributed by atoms with van der Waals surface area (Å²) in [5.41, 5.74) is -0.302. The molecular weight excluding hydrogens is 306 g/mol. The Morgan fingerprint density at radius 3 is 2.43 bits per heavy atom. The summed E-state index contributed by atoms with van der Waals surface area (Å²) >= 11 is 5.65. The lowest BCUT2D eigenvalue weighted by Gasteiger charge is -2.06. The molecule has 0 radical (unpaired) electrons.